The van der Waals surface area contributed by atoms with E-state index < -0.39 is 0 Å². The van der Waals surface area contributed by atoms with Gasteiger partial charge in [-0.15, -0.1) is 0 Å². The Kier molecular flexibility index (Phi) is 15.2. The summed E-state index contributed by atoms with van der Waals surface area (Å²) in [6.07, 6.45) is 7.52. The van der Waals surface area contributed by atoms with Crippen LogP contribution in [0.25, 0.3) is 0 Å². The standard InChI is InChI=1S/C10H22O.Pb.2H/c1-3-5-6-8-10(9-11)7-4-2;;;/h10-11H,3-9H2,1-2H3;;;. The predicted molar refractivity (Wildman–Crippen MR) is 58.2 cm³/mol. The van der Waals surface area contributed by atoms with Crippen molar-refractivity contribution in [3.8, 4) is 0 Å². The van der Waals surface area contributed by atoms with Crippen LogP contribution in [0.4, 0.5) is 0 Å². The molecular formula is C10H24OPb. The van der Waals surface area contributed by atoms with E-state index in [1.165, 1.54) is 38.5 Å². The van der Waals surface area contributed by atoms with E-state index in [4.69, 9.17) is 5.11 Å². The van der Waals surface area contributed by atoms with Crippen LogP contribution in [0, 0.1) is 5.92 Å². The van der Waals surface area contributed by atoms with Gasteiger partial charge in [-0.25, -0.2) is 0 Å². The summed E-state index contributed by atoms with van der Waals surface area (Å²) in [5.74, 6) is 0.576. The van der Waals surface area contributed by atoms with Crippen LogP contribution in [0.3, 0.4) is 0 Å². The Morgan fingerprint density at radius 1 is 1.00 bits per heavy atom. The van der Waals surface area contributed by atoms with Gasteiger partial charge in [-0.05, 0) is 18.8 Å². The van der Waals surface area contributed by atoms with Gasteiger partial charge in [-0.3, -0.25) is 0 Å². The van der Waals surface area contributed by atoms with Crippen LogP contribution in [0.5, 0.6) is 0 Å². The third-order valence-corrected chi connectivity index (χ3v) is 2.17. The molecular weight excluding hydrogens is 343 g/mol. The molecule has 0 heterocycles. The summed E-state index contributed by atoms with van der Waals surface area (Å²) in [5, 5.41) is 8.96. The Morgan fingerprint density at radius 2 is 1.67 bits per heavy atom. The molecule has 0 bridgehead atoms. The number of hydrogen-bond acceptors (Lipinski definition) is 1. The monoisotopic (exact) mass is 368 g/mol. The van der Waals surface area contributed by atoms with E-state index in [1.54, 1.807) is 0 Å². The van der Waals surface area contributed by atoms with Crippen LogP contribution >= 0.6 is 0 Å². The van der Waals surface area contributed by atoms with E-state index in [-0.39, 0.29) is 27.3 Å². The molecule has 0 aliphatic rings. The van der Waals surface area contributed by atoms with Crippen LogP contribution in [-0.2, 0) is 0 Å². The fourth-order valence-corrected chi connectivity index (χ4v) is 1.42. The van der Waals surface area contributed by atoms with Crippen molar-refractivity contribution in [3.63, 3.8) is 0 Å². The third-order valence-electron chi connectivity index (χ3n) is 2.17. The first kappa shape index (κ1) is 15.4. The third kappa shape index (κ3) is 8.97. The van der Waals surface area contributed by atoms with Crippen molar-refractivity contribution in [3.05, 3.63) is 0 Å². The first-order valence-corrected chi connectivity index (χ1v) is 4.96. The molecule has 12 heavy (non-hydrogen) atoms. The average Bonchev–Trinajstić information content (AvgIpc) is 2.03. The Labute approximate surface area is 97.1 Å². The number of unbranched alkanes of at least 4 members (excludes halogenated alkanes) is 2. The second-order valence-electron chi connectivity index (χ2n) is 3.33. The van der Waals surface area contributed by atoms with Gasteiger partial charge in [0.25, 0.3) is 0 Å². The maximum absolute atomic E-state index is 8.96. The van der Waals surface area contributed by atoms with Crippen molar-refractivity contribution >= 4 is 27.3 Å². The molecule has 0 aliphatic carbocycles. The molecule has 0 aliphatic heterocycles. The second-order valence-corrected chi connectivity index (χ2v) is 3.33. The van der Waals surface area contributed by atoms with E-state index in [0.717, 1.165) is 0 Å². The van der Waals surface area contributed by atoms with Crippen LogP contribution in [0.2, 0.25) is 0 Å². The van der Waals surface area contributed by atoms with Gasteiger partial charge in [0.1, 0.15) is 0 Å². The Balaban J connectivity index is 0. The van der Waals surface area contributed by atoms with E-state index in [2.05, 4.69) is 13.8 Å². The Bertz CT molecular complexity index is 76.2. The molecule has 0 saturated heterocycles. The van der Waals surface area contributed by atoms with Gasteiger partial charge in [0.2, 0.25) is 0 Å². The molecule has 0 aromatic rings. The molecule has 1 atom stereocenters. The van der Waals surface area contributed by atoms with Gasteiger partial charge < -0.3 is 5.11 Å². The molecule has 2 radical (unpaired) electrons. The normalized spacial score (nSPS) is 12.2. The van der Waals surface area contributed by atoms with Crippen LogP contribution in [0.1, 0.15) is 52.4 Å². The zero-order chi connectivity index (χ0) is 8.53. The minimum atomic E-state index is 0. The summed E-state index contributed by atoms with van der Waals surface area (Å²) in [5.41, 5.74) is 0. The van der Waals surface area contributed by atoms with Gasteiger partial charge in [-0.2, -0.15) is 0 Å². The summed E-state index contributed by atoms with van der Waals surface area (Å²) in [4.78, 5) is 0. The molecule has 0 spiro atoms. The molecule has 74 valence electrons. The van der Waals surface area contributed by atoms with Crippen molar-refractivity contribution < 1.29 is 5.11 Å². The van der Waals surface area contributed by atoms with Crippen LogP contribution in [0.15, 0.2) is 0 Å². The number of rotatable bonds is 7. The fraction of sp³-hybridized carbons (Fsp3) is 1.00. The van der Waals surface area contributed by atoms with Gasteiger partial charge in [0, 0.05) is 6.61 Å². The van der Waals surface area contributed by atoms with E-state index in [0.29, 0.717) is 12.5 Å². The number of aliphatic hydroxyl groups is 1. The molecule has 1 nitrogen and oxygen atoms in total. The Morgan fingerprint density at radius 3 is 2.08 bits per heavy atom. The molecule has 0 aromatic carbocycles. The summed E-state index contributed by atoms with van der Waals surface area (Å²) in [6, 6.07) is 0. The van der Waals surface area contributed by atoms with Crippen molar-refractivity contribution in [1.29, 1.82) is 0 Å². The maximum atomic E-state index is 8.96. The first-order chi connectivity index (χ1) is 5.35. The minimum absolute atomic E-state index is 0. The predicted octanol–water partition coefficient (Wildman–Crippen LogP) is 2.06. The zero-order valence-electron chi connectivity index (χ0n) is 8.68. The fourth-order valence-electron chi connectivity index (χ4n) is 1.42. The van der Waals surface area contributed by atoms with E-state index in [9.17, 15) is 0 Å². The summed E-state index contributed by atoms with van der Waals surface area (Å²) >= 11 is 0. The Hall–Kier alpha value is 0.882. The quantitative estimate of drug-likeness (QED) is 0.539. The van der Waals surface area contributed by atoms with Crippen LogP contribution < -0.4 is 0 Å². The van der Waals surface area contributed by atoms with E-state index in [1.807, 2.05) is 0 Å². The molecule has 0 aromatic heterocycles. The summed E-state index contributed by atoms with van der Waals surface area (Å²) in [6.45, 7) is 4.79. The summed E-state index contributed by atoms with van der Waals surface area (Å²) in [7, 11) is 0. The molecule has 0 fully saturated rings. The molecule has 0 saturated carbocycles. The molecule has 1 unspecified atom stereocenters. The van der Waals surface area contributed by atoms with Crippen LogP contribution in [-0.4, -0.2) is 39.0 Å². The molecule has 2 heteroatoms. The summed E-state index contributed by atoms with van der Waals surface area (Å²) < 4.78 is 0. The average molecular weight is 368 g/mol. The first-order valence-electron chi connectivity index (χ1n) is 4.96. The van der Waals surface area contributed by atoms with Gasteiger partial charge in [0.05, 0.1) is 0 Å². The van der Waals surface area contributed by atoms with Crippen molar-refractivity contribution in [2.24, 2.45) is 5.92 Å². The van der Waals surface area contributed by atoms with Gasteiger partial charge in [0.15, 0.2) is 0 Å². The number of hydrogen-bond donors (Lipinski definition) is 1. The number of aliphatic hydroxyl groups excluding tert-OH is 1. The van der Waals surface area contributed by atoms with E-state index >= 15 is 0 Å². The van der Waals surface area contributed by atoms with Gasteiger partial charge in [-0.1, -0.05) is 39.5 Å². The van der Waals surface area contributed by atoms with Crippen molar-refractivity contribution in [2.75, 3.05) is 6.61 Å². The molecule has 0 amide bonds. The van der Waals surface area contributed by atoms with Crippen molar-refractivity contribution in [2.45, 2.75) is 52.4 Å². The topological polar surface area (TPSA) is 20.2 Å². The second kappa shape index (κ2) is 11.9. The zero-order valence-corrected chi connectivity index (χ0v) is 14.2. The molecule has 1 N–H and O–H groups in total. The molecule has 0 rings (SSSR count). The SMILES string of the molecule is CCCCCC(CO)CCC.[PbH2]. The van der Waals surface area contributed by atoms with Crippen molar-refractivity contribution in [1.82, 2.24) is 0 Å². The van der Waals surface area contributed by atoms with Gasteiger partial charge >= 0.3 is 27.3 Å².